The van der Waals surface area contributed by atoms with Crippen LogP contribution in [-0.2, 0) is 4.79 Å². The normalized spacial score (nSPS) is 20.6. The first-order valence-corrected chi connectivity index (χ1v) is 7.76. The zero-order valence-electron chi connectivity index (χ0n) is 13.5. The summed E-state index contributed by atoms with van der Waals surface area (Å²) in [5.41, 5.74) is 6.35. The molecule has 3 heteroatoms. The van der Waals surface area contributed by atoms with Crippen molar-refractivity contribution in [3.8, 4) is 0 Å². The molecule has 0 aliphatic carbocycles. The van der Waals surface area contributed by atoms with Crippen LogP contribution in [0, 0.1) is 16.7 Å². The van der Waals surface area contributed by atoms with E-state index in [-0.39, 0.29) is 17.2 Å². The lowest BCUT2D eigenvalue weighted by molar-refractivity contribution is -0.135. The average Bonchev–Trinajstić information content (AvgIpc) is 2.79. The molecule has 0 radical (unpaired) electrons. The molecule has 1 saturated heterocycles. The van der Waals surface area contributed by atoms with Gasteiger partial charge < -0.3 is 10.6 Å². The quantitative estimate of drug-likeness (QED) is 0.833. The van der Waals surface area contributed by atoms with Gasteiger partial charge in [-0.05, 0) is 36.5 Å². The van der Waals surface area contributed by atoms with Gasteiger partial charge in [0.25, 0.3) is 0 Å². The van der Waals surface area contributed by atoms with Gasteiger partial charge >= 0.3 is 0 Å². The van der Waals surface area contributed by atoms with Crippen LogP contribution >= 0.6 is 0 Å². The van der Waals surface area contributed by atoms with Crippen LogP contribution in [0.4, 0.5) is 0 Å². The Morgan fingerprint density at radius 1 is 1.32 bits per heavy atom. The molecule has 0 aromatic rings. The second-order valence-corrected chi connectivity index (χ2v) is 7.41. The third kappa shape index (κ3) is 4.20. The number of rotatable bonds is 5. The standard InChI is InChI=1S/C16H32N2O/c1-6-16(7-2)8-9-18(12-16)14(19)13(11-17)10-15(3,4)5/h13H,6-12,17H2,1-5H3. The Labute approximate surface area is 118 Å². The highest BCUT2D eigenvalue weighted by Gasteiger charge is 2.39. The molecule has 2 N–H and O–H groups in total. The van der Waals surface area contributed by atoms with Crippen LogP contribution in [0.1, 0.15) is 60.3 Å². The van der Waals surface area contributed by atoms with Crippen LogP contribution in [0.5, 0.6) is 0 Å². The SMILES string of the molecule is CCC1(CC)CCN(C(=O)C(CN)CC(C)(C)C)C1. The summed E-state index contributed by atoms with van der Waals surface area (Å²) in [5, 5.41) is 0. The fourth-order valence-corrected chi connectivity index (χ4v) is 3.22. The minimum absolute atomic E-state index is 0.00971. The maximum atomic E-state index is 12.6. The molecule has 1 unspecified atom stereocenters. The molecule has 1 aliphatic rings. The Kier molecular flexibility index (Phi) is 5.43. The van der Waals surface area contributed by atoms with Crippen molar-refractivity contribution >= 4 is 5.91 Å². The third-order valence-corrected chi connectivity index (χ3v) is 4.74. The van der Waals surface area contributed by atoms with Crippen molar-refractivity contribution < 1.29 is 4.79 Å². The van der Waals surface area contributed by atoms with E-state index in [0.29, 0.717) is 12.0 Å². The molecule has 0 aromatic heterocycles. The van der Waals surface area contributed by atoms with Gasteiger partial charge in [-0.3, -0.25) is 4.79 Å². The van der Waals surface area contributed by atoms with Gasteiger partial charge in [-0.25, -0.2) is 0 Å². The molecule has 0 aromatic carbocycles. The van der Waals surface area contributed by atoms with Gasteiger partial charge in [0.05, 0.1) is 5.92 Å². The van der Waals surface area contributed by atoms with Crippen molar-refractivity contribution in [2.45, 2.75) is 60.3 Å². The van der Waals surface area contributed by atoms with Gasteiger partial charge in [-0.15, -0.1) is 0 Å². The van der Waals surface area contributed by atoms with Gasteiger partial charge in [0.2, 0.25) is 5.91 Å². The maximum Gasteiger partial charge on any atom is 0.226 e. The topological polar surface area (TPSA) is 46.3 Å². The van der Waals surface area contributed by atoms with Gasteiger partial charge in [0, 0.05) is 19.6 Å². The van der Waals surface area contributed by atoms with Crippen LogP contribution in [0.2, 0.25) is 0 Å². The number of hydrogen-bond donors (Lipinski definition) is 1. The molecular formula is C16H32N2O. The Bertz CT molecular complexity index is 302. The lowest BCUT2D eigenvalue weighted by atomic mass is 9.81. The number of amides is 1. The molecule has 19 heavy (non-hydrogen) atoms. The second kappa shape index (κ2) is 6.25. The monoisotopic (exact) mass is 268 g/mol. The lowest BCUT2D eigenvalue weighted by Gasteiger charge is -2.30. The first-order valence-electron chi connectivity index (χ1n) is 7.76. The zero-order valence-corrected chi connectivity index (χ0v) is 13.5. The van der Waals surface area contributed by atoms with E-state index in [0.717, 1.165) is 25.9 Å². The van der Waals surface area contributed by atoms with Crippen LogP contribution in [0.3, 0.4) is 0 Å². The summed E-state index contributed by atoms with van der Waals surface area (Å²) in [4.78, 5) is 14.7. The average molecular weight is 268 g/mol. The Hall–Kier alpha value is -0.570. The molecule has 1 amide bonds. The highest BCUT2D eigenvalue weighted by atomic mass is 16.2. The Morgan fingerprint density at radius 3 is 2.26 bits per heavy atom. The molecular weight excluding hydrogens is 236 g/mol. The van der Waals surface area contributed by atoms with Crippen molar-refractivity contribution in [2.24, 2.45) is 22.5 Å². The number of carbonyl (C=O) groups is 1. The highest BCUT2D eigenvalue weighted by molar-refractivity contribution is 5.79. The first kappa shape index (κ1) is 16.5. The molecule has 0 saturated carbocycles. The van der Waals surface area contributed by atoms with Crippen LogP contribution in [0.15, 0.2) is 0 Å². The molecule has 0 spiro atoms. The van der Waals surface area contributed by atoms with Crippen molar-refractivity contribution in [3.05, 3.63) is 0 Å². The fraction of sp³-hybridized carbons (Fsp3) is 0.938. The summed E-state index contributed by atoms with van der Waals surface area (Å²) in [5.74, 6) is 0.269. The van der Waals surface area contributed by atoms with E-state index in [4.69, 9.17) is 5.73 Å². The van der Waals surface area contributed by atoms with Gasteiger partial charge in [0.15, 0.2) is 0 Å². The number of nitrogens with two attached hydrogens (primary N) is 1. The number of likely N-dealkylation sites (tertiary alicyclic amines) is 1. The number of carbonyl (C=O) groups excluding carboxylic acids is 1. The van der Waals surface area contributed by atoms with E-state index in [2.05, 4.69) is 39.5 Å². The van der Waals surface area contributed by atoms with Crippen LogP contribution in [0.25, 0.3) is 0 Å². The van der Waals surface area contributed by atoms with E-state index in [1.54, 1.807) is 0 Å². The largest absolute Gasteiger partial charge is 0.342 e. The summed E-state index contributed by atoms with van der Waals surface area (Å²) in [6.07, 6.45) is 4.36. The van der Waals surface area contributed by atoms with Crippen molar-refractivity contribution in [3.63, 3.8) is 0 Å². The van der Waals surface area contributed by atoms with E-state index in [1.165, 1.54) is 12.8 Å². The van der Waals surface area contributed by atoms with E-state index in [9.17, 15) is 4.79 Å². The highest BCUT2D eigenvalue weighted by Crippen LogP contribution is 2.38. The van der Waals surface area contributed by atoms with Crippen LogP contribution < -0.4 is 5.73 Å². The number of hydrogen-bond acceptors (Lipinski definition) is 2. The second-order valence-electron chi connectivity index (χ2n) is 7.41. The van der Waals surface area contributed by atoms with Crippen molar-refractivity contribution in [2.75, 3.05) is 19.6 Å². The smallest absolute Gasteiger partial charge is 0.226 e. The first-order chi connectivity index (χ1) is 8.77. The van der Waals surface area contributed by atoms with E-state index in [1.807, 2.05) is 0 Å². The molecule has 0 bridgehead atoms. The minimum Gasteiger partial charge on any atom is -0.342 e. The molecule has 1 rings (SSSR count). The van der Waals surface area contributed by atoms with E-state index >= 15 is 0 Å². The maximum absolute atomic E-state index is 12.6. The molecule has 112 valence electrons. The predicted octanol–water partition coefficient (Wildman–Crippen LogP) is 3.04. The summed E-state index contributed by atoms with van der Waals surface area (Å²) in [6, 6.07) is 0. The fourth-order valence-electron chi connectivity index (χ4n) is 3.22. The minimum atomic E-state index is -0.00971. The van der Waals surface area contributed by atoms with Gasteiger partial charge in [0.1, 0.15) is 0 Å². The Balaban J connectivity index is 2.68. The predicted molar refractivity (Wildman–Crippen MR) is 80.8 cm³/mol. The Morgan fingerprint density at radius 2 is 1.89 bits per heavy atom. The third-order valence-electron chi connectivity index (χ3n) is 4.74. The number of nitrogens with zero attached hydrogens (tertiary/aromatic N) is 1. The summed E-state index contributed by atoms with van der Waals surface area (Å²) >= 11 is 0. The zero-order chi connectivity index (χ0) is 14.7. The molecule has 3 nitrogen and oxygen atoms in total. The van der Waals surface area contributed by atoms with Gasteiger partial charge in [-0.2, -0.15) is 0 Å². The van der Waals surface area contributed by atoms with Gasteiger partial charge in [-0.1, -0.05) is 34.6 Å². The summed E-state index contributed by atoms with van der Waals surface area (Å²) < 4.78 is 0. The molecule has 1 atom stereocenters. The molecule has 1 aliphatic heterocycles. The van der Waals surface area contributed by atoms with Crippen molar-refractivity contribution in [1.82, 2.24) is 4.90 Å². The van der Waals surface area contributed by atoms with Crippen LogP contribution in [-0.4, -0.2) is 30.4 Å². The lowest BCUT2D eigenvalue weighted by Crippen LogP contribution is -2.40. The van der Waals surface area contributed by atoms with E-state index < -0.39 is 0 Å². The summed E-state index contributed by atoms with van der Waals surface area (Å²) in [6.45, 7) is 13.3. The molecule has 1 heterocycles. The molecule has 1 fully saturated rings. The van der Waals surface area contributed by atoms with Crippen molar-refractivity contribution in [1.29, 1.82) is 0 Å². The summed E-state index contributed by atoms with van der Waals surface area (Å²) in [7, 11) is 0.